The highest BCUT2D eigenvalue weighted by Crippen LogP contribution is 2.28. The van der Waals surface area contributed by atoms with E-state index in [1.165, 1.54) is 0 Å². The standard InChI is InChI=1S/C14H20N4O/c1-9-6-13(16-7-11(9)15)18-5-4-12-10(8-18)2-3-14(19)17-12/h6-7,10,12H,2-5,8,15H2,1H3,(H,17,19). The Morgan fingerprint density at radius 1 is 1.47 bits per heavy atom. The van der Waals surface area contributed by atoms with E-state index in [0.717, 1.165) is 43.0 Å². The maximum absolute atomic E-state index is 11.4. The molecule has 2 aliphatic heterocycles. The lowest BCUT2D eigenvalue weighted by Gasteiger charge is -2.42. The minimum Gasteiger partial charge on any atom is -0.397 e. The van der Waals surface area contributed by atoms with E-state index in [4.69, 9.17) is 5.73 Å². The number of hydrogen-bond donors (Lipinski definition) is 2. The van der Waals surface area contributed by atoms with E-state index in [-0.39, 0.29) is 5.91 Å². The number of nitrogens with two attached hydrogens (primary N) is 1. The summed E-state index contributed by atoms with van der Waals surface area (Å²) in [7, 11) is 0. The Morgan fingerprint density at radius 3 is 3.11 bits per heavy atom. The zero-order valence-corrected chi connectivity index (χ0v) is 11.2. The van der Waals surface area contributed by atoms with Crippen molar-refractivity contribution in [3.05, 3.63) is 17.8 Å². The van der Waals surface area contributed by atoms with Gasteiger partial charge in [0.15, 0.2) is 0 Å². The zero-order valence-electron chi connectivity index (χ0n) is 11.2. The maximum atomic E-state index is 11.4. The van der Waals surface area contributed by atoms with Crippen molar-refractivity contribution in [3.63, 3.8) is 0 Å². The van der Waals surface area contributed by atoms with Gasteiger partial charge in [-0.05, 0) is 37.3 Å². The second-order valence-corrected chi connectivity index (χ2v) is 5.61. The molecule has 3 heterocycles. The van der Waals surface area contributed by atoms with Gasteiger partial charge in [0.25, 0.3) is 0 Å². The summed E-state index contributed by atoms with van der Waals surface area (Å²) in [6.07, 6.45) is 4.38. The zero-order chi connectivity index (χ0) is 13.4. The van der Waals surface area contributed by atoms with Gasteiger partial charge in [-0.3, -0.25) is 4.79 Å². The van der Waals surface area contributed by atoms with Crippen LogP contribution in [-0.4, -0.2) is 30.0 Å². The fraction of sp³-hybridized carbons (Fsp3) is 0.571. The number of nitrogen functional groups attached to an aromatic ring is 1. The van der Waals surface area contributed by atoms with Gasteiger partial charge in [0.1, 0.15) is 5.82 Å². The second kappa shape index (κ2) is 4.72. The van der Waals surface area contributed by atoms with Crippen molar-refractivity contribution in [1.29, 1.82) is 0 Å². The third kappa shape index (κ3) is 2.37. The molecule has 0 radical (unpaired) electrons. The van der Waals surface area contributed by atoms with Crippen LogP contribution in [0.3, 0.4) is 0 Å². The van der Waals surface area contributed by atoms with Crippen LogP contribution in [0.5, 0.6) is 0 Å². The van der Waals surface area contributed by atoms with Gasteiger partial charge >= 0.3 is 0 Å². The topological polar surface area (TPSA) is 71.2 Å². The molecular formula is C14H20N4O. The normalized spacial score (nSPS) is 26.8. The van der Waals surface area contributed by atoms with Crippen LogP contribution in [0, 0.1) is 12.8 Å². The molecule has 0 bridgehead atoms. The molecular weight excluding hydrogens is 240 g/mol. The molecule has 2 fully saturated rings. The molecule has 3 rings (SSSR count). The molecule has 2 atom stereocenters. The maximum Gasteiger partial charge on any atom is 0.220 e. The molecule has 0 spiro atoms. The highest BCUT2D eigenvalue weighted by atomic mass is 16.1. The van der Waals surface area contributed by atoms with Gasteiger partial charge in [0, 0.05) is 25.6 Å². The number of aromatic nitrogens is 1. The number of carbonyl (C=O) groups excluding carboxylic acids is 1. The van der Waals surface area contributed by atoms with Crippen molar-refractivity contribution < 1.29 is 4.79 Å². The Labute approximate surface area is 113 Å². The minimum absolute atomic E-state index is 0.205. The SMILES string of the molecule is Cc1cc(N2CCC3NC(=O)CCC3C2)ncc1N. The van der Waals surface area contributed by atoms with Crippen molar-refractivity contribution >= 4 is 17.4 Å². The van der Waals surface area contributed by atoms with Gasteiger partial charge < -0.3 is 16.0 Å². The van der Waals surface area contributed by atoms with E-state index in [9.17, 15) is 4.79 Å². The summed E-state index contributed by atoms with van der Waals surface area (Å²) in [5.74, 6) is 1.75. The lowest BCUT2D eigenvalue weighted by molar-refractivity contribution is -0.124. The van der Waals surface area contributed by atoms with Gasteiger partial charge in [-0.15, -0.1) is 0 Å². The van der Waals surface area contributed by atoms with E-state index >= 15 is 0 Å². The van der Waals surface area contributed by atoms with Gasteiger partial charge in [-0.2, -0.15) is 0 Å². The van der Waals surface area contributed by atoms with Crippen LogP contribution < -0.4 is 16.0 Å². The molecule has 5 heteroatoms. The van der Waals surface area contributed by atoms with Crippen molar-refractivity contribution in [2.24, 2.45) is 5.92 Å². The number of anilines is 2. The van der Waals surface area contributed by atoms with Crippen LogP contribution in [-0.2, 0) is 4.79 Å². The number of rotatable bonds is 1. The van der Waals surface area contributed by atoms with Crippen LogP contribution in [0.25, 0.3) is 0 Å². The molecule has 3 N–H and O–H groups in total. The third-order valence-electron chi connectivity index (χ3n) is 4.28. The Morgan fingerprint density at radius 2 is 2.32 bits per heavy atom. The Bertz CT molecular complexity index is 502. The predicted molar refractivity (Wildman–Crippen MR) is 74.9 cm³/mol. The Kier molecular flexibility index (Phi) is 3.05. The molecule has 19 heavy (non-hydrogen) atoms. The smallest absolute Gasteiger partial charge is 0.220 e. The molecule has 1 amide bonds. The fourth-order valence-corrected chi connectivity index (χ4v) is 3.04. The Balaban J connectivity index is 1.74. The second-order valence-electron chi connectivity index (χ2n) is 5.61. The lowest BCUT2D eigenvalue weighted by atomic mass is 9.85. The van der Waals surface area contributed by atoms with E-state index < -0.39 is 0 Å². The predicted octanol–water partition coefficient (Wildman–Crippen LogP) is 1.08. The average Bonchev–Trinajstić information content (AvgIpc) is 2.41. The number of hydrogen-bond acceptors (Lipinski definition) is 4. The van der Waals surface area contributed by atoms with Crippen LogP contribution >= 0.6 is 0 Å². The van der Waals surface area contributed by atoms with Gasteiger partial charge in [-0.1, -0.05) is 0 Å². The van der Waals surface area contributed by atoms with Gasteiger partial charge in [-0.25, -0.2) is 4.98 Å². The number of carbonyl (C=O) groups is 1. The minimum atomic E-state index is 0.205. The summed E-state index contributed by atoms with van der Waals surface area (Å²) in [6, 6.07) is 2.41. The number of nitrogens with zero attached hydrogens (tertiary/aromatic N) is 2. The highest BCUT2D eigenvalue weighted by molar-refractivity contribution is 5.77. The first kappa shape index (κ1) is 12.3. The number of pyridine rings is 1. The summed E-state index contributed by atoms with van der Waals surface area (Å²) in [5, 5.41) is 3.10. The summed E-state index contributed by atoms with van der Waals surface area (Å²) >= 11 is 0. The molecule has 2 aliphatic rings. The summed E-state index contributed by atoms with van der Waals surface area (Å²) in [4.78, 5) is 18.1. The average molecular weight is 260 g/mol. The van der Waals surface area contributed by atoms with Crippen molar-refractivity contribution in [2.75, 3.05) is 23.7 Å². The fourth-order valence-electron chi connectivity index (χ4n) is 3.04. The molecule has 0 aliphatic carbocycles. The van der Waals surface area contributed by atoms with Gasteiger partial charge in [0.2, 0.25) is 5.91 Å². The Hall–Kier alpha value is -1.78. The van der Waals surface area contributed by atoms with Gasteiger partial charge in [0.05, 0.1) is 11.9 Å². The molecule has 2 saturated heterocycles. The number of aryl methyl sites for hydroxylation is 1. The quantitative estimate of drug-likeness (QED) is 0.792. The highest BCUT2D eigenvalue weighted by Gasteiger charge is 2.34. The van der Waals surface area contributed by atoms with Crippen LogP contribution in [0.4, 0.5) is 11.5 Å². The first-order chi connectivity index (χ1) is 9.13. The monoisotopic (exact) mass is 260 g/mol. The van der Waals surface area contributed by atoms with Crippen LogP contribution in [0.1, 0.15) is 24.8 Å². The van der Waals surface area contributed by atoms with E-state index in [1.54, 1.807) is 6.20 Å². The first-order valence-corrected chi connectivity index (χ1v) is 6.90. The third-order valence-corrected chi connectivity index (χ3v) is 4.28. The number of nitrogens with one attached hydrogen (secondary N) is 1. The largest absolute Gasteiger partial charge is 0.397 e. The molecule has 102 valence electrons. The van der Waals surface area contributed by atoms with Crippen LogP contribution in [0.2, 0.25) is 0 Å². The van der Waals surface area contributed by atoms with E-state index in [1.807, 2.05) is 6.92 Å². The first-order valence-electron chi connectivity index (χ1n) is 6.90. The van der Waals surface area contributed by atoms with Crippen molar-refractivity contribution in [1.82, 2.24) is 10.3 Å². The van der Waals surface area contributed by atoms with Crippen LogP contribution in [0.15, 0.2) is 12.3 Å². The molecule has 0 aromatic carbocycles. The summed E-state index contributed by atoms with van der Waals surface area (Å²) < 4.78 is 0. The van der Waals surface area contributed by atoms with Crippen molar-refractivity contribution in [2.45, 2.75) is 32.2 Å². The summed E-state index contributed by atoms with van der Waals surface area (Å²) in [6.45, 7) is 3.92. The molecule has 1 aromatic rings. The van der Waals surface area contributed by atoms with E-state index in [0.29, 0.717) is 18.4 Å². The molecule has 1 aromatic heterocycles. The van der Waals surface area contributed by atoms with Crippen molar-refractivity contribution in [3.8, 4) is 0 Å². The molecule has 2 unspecified atom stereocenters. The molecule has 5 nitrogen and oxygen atoms in total. The number of fused-ring (bicyclic) bond motifs is 1. The number of amides is 1. The number of piperidine rings is 2. The van der Waals surface area contributed by atoms with E-state index in [2.05, 4.69) is 21.3 Å². The summed E-state index contributed by atoms with van der Waals surface area (Å²) in [5.41, 5.74) is 7.62. The molecule has 0 saturated carbocycles. The lowest BCUT2D eigenvalue weighted by Crippen LogP contribution is -2.54.